The maximum Gasteiger partial charge on any atom is 0.138 e. The number of ether oxygens (including phenoxy) is 1. The van der Waals surface area contributed by atoms with E-state index in [1.807, 2.05) is 12.1 Å². The van der Waals surface area contributed by atoms with Crippen molar-refractivity contribution >= 4 is 17.3 Å². The summed E-state index contributed by atoms with van der Waals surface area (Å²) < 4.78 is 5.67. The molecule has 1 fully saturated rings. The summed E-state index contributed by atoms with van der Waals surface area (Å²) >= 11 is 6.03. The van der Waals surface area contributed by atoms with Crippen LogP contribution in [0.3, 0.4) is 0 Å². The quantitative estimate of drug-likeness (QED) is 0.840. The topological polar surface area (TPSA) is 38.5 Å². The molecule has 2 N–H and O–H groups in total. The van der Waals surface area contributed by atoms with E-state index in [2.05, 4.69) is 4.90 Å². The second-order valence-electron chi connectivity index (χ2n) is 4.44. The number of hydrogen-bond acceptors (Lipinski definition) is 3. The van der Waals surface area contributed by atoms with Crippen LogP contribution in [0.2, 0.25) is 5.02 Å². The van der Waals surface area contributed by atoms with Crippen LogP contribution in [0, 0.1) is 0 Å². The van der Waals surface area contributed by atoms with Crippen molar-refractivity contribution in [2.75, 3.05) is 32.0 Å². The number of hydrogen-bond donors (Lipinski definition) is 1. The van der Waals surface area contributed by atoms with Gasteiger partial charge in [0.2, 0.25) is 0 Å². The molecule has 3 nitrogen and oxygen atoms in total. The van der Waals surface area contributed by atoms with E-state index in [1.54, 1.807) is 6.07 Å². The zero-order chi connectivity index (χ0) is 12.1. The van der Waals surface area contributed by atoms with Gasteiger partial charge in [-0.15, -0.1) is 0 Å². The molecule has 94 valence electrons. The van der Waals surface area contributed by atoms with Gasteiger partial charge in [-0.05, 0) is 44.1 Å². The lowest BCUT2D eigenvalue weighted by Gasteiger charge is -2.26. The van der Waals surface area contributed by atoms with Gasteiger partial charge in [0.15, 0.2) is 0 Å². The van der Waals surface area contributed by atoms with E-state index >= 15 is 0 Å². The number of nitrogen functional groups attached to an aromatic ring is 1. The molecule has 0 aliphatic carbocycles. The van der Waals surface area contributed by atoms with Crippen LogP contribution in [0.4, 0.5) is 5.69 Å². The minimum atomic E-state index is 0.587. The Balaban J connectivity index is 1.77. The van der Waals surface area contributed by atoms with Gasteiger partial charge in [-0.2, -0.15) is 0 Å². The zero-order valence-corrected chi connectivity index (χ0v) is 10.7. The van der Waals surface area contributed by atoms with E-state index in [-0.39, 0.29) is 0 Å². The van der Waals surface area contributed by atoms with E-state index in [0.717, 1.165) is 12.3 Å². The fourth-order valence-corrected chi connectivity index (χ4v) is 2.35. The Morgan fingerprint density at radius 3 is 2.71 bits per heavy atom. The van der Waals surface area contributed by atoms with Crippen LogP contribution >= 0.6 is 11.6 Å². The summed E-state index contributed by atoms with van der Waals surface area (Å²) in [6, 6.07) is 5.35. The third-order valence-electron chi connectivity index (χ3n) is 3.07. The predicted octanol–water partition coefficient (Wildman–Crippen LogP) is 2.79. The second-order valence-corrected chi connectivity index (χ2v) is 4.85. The van der Waals surface area contributed by atoms with Crippen LogP contribution in [-0.2, 0) is 0 Å². The van der Waals surface area contributed by atoms with Gasteiger partial charge in [0.1, 0.15) is 12.4 Å². The number of piperidine rings is 1. The van der Waals surface area contributed by atoms with Crippen molar-refractivity contribution in [3.05, 3.63) is 23.2 Å². The normalized spacial score (nSPS) is 17.0. The molecule has 0 radical (unpaired) electrons. The van der Waals surface area contributed by atoms with E-state index in [0.29, 0.717) is 17.3 Å². The number of nitrogens with two attached hydrogens (primary N) is 1. The molecule has 0 spiro atoms. The molecule has 0 bridgehead atoms. The summed E-state index contributed by atoms with van der Waals surface area (Å²) in [6.07, 6.45) is 3.98. The summed E-state index contributed by atoms with van der Waals surface area (Å²) in [5, 5.41) is 0.587. The fourth-order valence-electron chi connectivity index (χ4n) is 2.10. The summed E-state index contributed by atoms with van der Waals surface area (Å²) in [5.41, 5.74) is 6.29. The molecule has 1 aliphatic heterocycles. The van der Waals surface area contributed by atoms with Crippen LogP contribution in [0.5, 0.6) is 5.75 Å². The van der Waals surface area contributed by atoms with Crippen molar-refractivity contribution in [2.45, 2.75) is 19.3 Å². The lowest BCUT2D eigenvalue weighted by Crippen LogP contribution is -2.33. The SMILES string of the molecule is Nc1ccc(OCCN2CCCCC2)c(Cl)c1. The predicted molar refractivity (Wildman–Crippen MR) is 71.7 cm³/mol. The van der Waals surface area contributed by atoms with Crippen molar-refractivity contribution in [1.82, 2.24) is 4.90 Å². The van der Waals surface area contributed by atoms with E-state index in [4.69, 9.17) is 22.1 Å². The van der Waals surface area contributed by atoms with Gasteiger partial charge in [0.25, 0.3) is 0 Å². The van der Waals surface area contributed by atoms with Crippen LogP contribution in [0.25, 0.3) is 0 Å². The minimum absolute atomic E-state index is 0.587. The Morgan fingerprint density at radius 1 is 1.24 bits per heavy atom. The average Bonchev–Trinajstić information content (AvgIpc) is 2.33. The van der Waals surface area contributed by atoms with Crippen molar-refractivity contribution in [1.29, 1.82) is 0 Å². The summed E-state index contributed by atoms with van der Waals surface area (Å²) in [6.45, 7) is 4.04. The molecule has 1 heterocycles. The molecule has 1 aromatic carbocycles. The highest BCUT2D eigenvalue weighted by Gasteiger charge is 2.10. The number of likely N-dealkylation sites (tertiary alicyclic amines) is 1. The van der Waals surface area contributed by atoms with Crippen molar-refractivity contribution < 1.29 is 4.74 Å². The Kier molecular flexibility index (Phi) is 4.51. The lowest BCUT2D eigenvalue weighted by molar-refractivity contribution is 0.183. The summed E-state index contributed by atoms with van der Waals surface area (Å²) in [5.74, 6) is 0.720. The number of benzene rings is 1. The van der Waals surface area contributed by atoms with Gasteiger partial charge >= 0.3 is 0 Å². The molecule has 0 aromatic heterocycles. The molecular weight excluding hydrogens is 236 g/mol. The van der Waals surface area contributed by atoms with Crippen LogP contribution in [-0.4, -0.2) is 31.1 Å². The smallest absolute Gasteiger partial charge is 0.138 e. The van der Waals surface area contributed by atoms with Gasteiger partial charge in [0, 0.05) is 12.2 Å². The van der Waals surface area contributed by atoms with Gasteiger partial charge < -0.3 is 10.5 Å². The Bertz CT molecular complexity index is 364. The minimum Gasteiger partial charge on any atom is -0.491 e. The Hall–Kier alpha value is -0.930. The van der Waals surface area contributed by atoms with Crippen LogP contribution in [0.15, 0.2) is 18.2 Å². The van der Waals surface area contributed by atoms with Crippen molar-refractivity contribution in [3.63, 3.8) is 0 Å². The largest absolute Gasteiger partial charge is 0.491 e. The number of rotatable bonds is 4. The highest BCUT2D eigenvalue weighted by molar-refractivity contribution is 6.32. The first-order valence-electron chi connectivity index (χ1n) is 6.16. The zero-order valence-electron chi connectivity index (χ0n) is 9.99. The molecule has 2 rings (SSSR count). The maximum atomic E-state index is 6.03. The number of halogens is 1. The fraction of sp³-hybridized carbons (Fsp3) is 0.538. The van der Waals surface area contributed by atoms with E-state index in [1.165, 1.54) is 32.4 Å². The number of nitrogens with zero attached hydrogens (tertiary/aromatic N) is 1. The molecule has 17 heavy (non-hydrogen) atoms. The van der Waals surface area contributed by atoms with Crippen molar-refractivity contribution in [3.8, 4) is 5.75 Å². The molecular formula is C13H19ClN2O. The van der Waals surface area contributed by atoms with E-state index in [9.17, 15) is 0 Å². The van der Waals surface area contributed by atoms with Gasteiger partial charge in [-0.3, -0.25) is 4.90 Å². The third-order valence-corrected chi connectivity index (χ3v) is 3.37. The molecule has 1 saturated heterocycles. The van der Waals surface area contributed by atoms with Gasteiger partial charge in [-0.1, -0.05) is 18.0 Å². The Morgan fingerprint density at radius 2 is 2.00 bits per heavy atom. The highest BCUT2D eigenvalue weighted by Crippen LogP contribution is 2.26. The first-order chi connectivity index (χ1) is 8.25. The monoisotopic (exact) mass is 254 g/mol. The van der Waals surface area contributed by atoms with Crippen molar-refractivity contribution in [2.24, 2.45) is 0 Å². The molecule has 0 unspecified atom stereocenters. The molecule has 1 aromatic rings. The Labute approximate surface area is 107 Å². The maximum absolute atomic E-state index is 6.03. The van der Waals surface area contributed by atoms with Gasteiger partial charge in [0.05, 0.1) is 5.02 Å². The third kappa shape index (κ3) is 3.79. The standard InChI is InChI=1S/C13H19ClN2O/c14-12-10-11(15)4-5-13(12)17-9-8-16-6-2-1-3-7-16/h4-5,10H,1-3,6-9,15H2. The molecule has 1 aliphatic rings. The van der Waals surface area contributed by atoms with E-state index < -0.39 is 0 Å². The molecule has 0 atom stereocenters. The molecule has 4 heteroatoms. The van der Waals surface area contributed by atoms with Crippen LogP contribution in [0.1, 0.15) is 19.3 Å². The summed E-state index contributed by atoms with van der Waals surface area (Å²) in [4.78, 5) is 2.44. The first kappa shape index (κ1) is 12.5. The first-order valence-corrected chi connectivity index (χ1v) is 6.54. The summed E-state index contributed by atoms with van der Waals surface area (Å²) in [7, 11) is 0. The number of anilines is 1. The average molecular weight is 255 g/mol. The lowest BCUT2D eigenvalue weighted by atomic mass is 10.1. The van der Waals surface area contributed by atoms with Gasteiger partial charge in [-0.25, -0.2) is 0 Å². The highest BCUT2D eigenvalue weighted by atomic mass is 35.5. The molecule has 0 amide bonds. The van der Waals surface area contributed by atoms with Crippen LogP contribution < -0.4 is 10.5 Å². The second kappa shape index (κ2) is 6.12. The molecule has 0 saturated carbocycles.